The molecule has 64 valence electrons. The highest BCUT2D eigenvalue weighted by molar-refractivity contribution is 5.83. The van der Waals surface area contributed by atoms with Crippen molar-refractivity contribution in [3.05, 3.63) is 0 Å². The number of hydrogen-bond acceptors (Lipinski definition) is 3. The Bertz CT molecular complexity index is 163. The van der Waals surface area contributed by atoms with Crippen molar-refractivity contribution in [1.82, 2.24) is 0 Å². The molecule has 0 aromatic carbocycles. The van der Waals surface area contributed by atoms with Crippen molar-refractivity contribution in [3.8, 4) is 0 Å². The molecule has 1 aliphatic heterocycles. The van der Waals surface area contributed by atoms with Gasteiger partial charge in [-0.2, -0.15) is 0 Å². The number of Topliss-reactive ketones (excluding diaryl/α,β-unsaturated/α-hetero) is 1. The molecule has 0 aromatic heterocycles. The van der Waals surface area contributed by atoms with E-state index < -0.39 is 5.79 Å². The van der Waals surface area contributed by atoms with Crippen LogP contribution >= 0.6 is 0 Å². The number of ketones is 1. The zero-order chi connectivity index (χ0) is 8.48. The second-order valence-electron chi connectivity index (χ2n) is 3.14. The van der Waals surface area contributed by atoms with Crippen molar-refractivity contribution < 1.29 is 14.3 Å². The topological polar surface area (TPSA) is 35.5 Å². The van der Waals surface area contributed by atoms with Crippen LogP contribution in [0.4, 0.5) is 0 Å². The van der Waals surface area contributed by atoms with E-state index >= 15 is 0 Å². The van der Waals surface area contributed by atoms with Crippen LogP contribution in [0.15, 0.2) is 0 Å². The van der Waals surface area contributed by atoms with E-state index in [1.807, 2.05) is 20.8 Å². The average molecular weight is 158 g/mol. The van der Waals surface area contributed by atoms with Gasteiger partial charge in [0.15, 0.2) is 11.6 Å². The van der Waals surface area contributed by atoms with Crippen LogP contribution in [0, 0.1) is 0 Å². The summed E-state index contributed by atoms with van der Waals surface area (Å²) >= 11 is 0. The third-order valence-electron chi connectivity index (χ3n) is 1.72. The number of carbonyl (C=O) groups excluding carboxylic acids is 1. The Hall–Kier alpha value is -0.410. The highest BCUT2D eigenvalue weighted by atomic mass is 16.7. The summed E-state index contributed by atoms with van der Waals surface area (Å²) in [6.45, 7) is 5.86. The molecule has 1 rings (SSSR count). The molecule has 0 spiro atoms. The molecule has 0 amide bonds. The Morgan fingerprint density at radius 3 is 2.64 bits per heavy atom. The van der Waals surface area contributed by atoms with E-state index in [-0.39, 0.29) is 11.9 Å². The van der Waals surface area contributed by atoms with Gasteiger partial charge in [0.25, 0.3) is 0 Å². The average Bonchev–Trinajstić information content (AvgIpc) is 2.29. The molecule has 0 unspecified atom stereocenters. The quantitative estimate of drug-likeness (QED) is 0.604. The molecule has 0 bridgehead atoms. The molecule has 3 nitrogen and oxygen atoms in total. The Balaban J connectivity index is 2.48. The lowest BCUT2D eigenvalue weighted by molar-refractivity contribution is -0.151. The Morgan fingerprint density at radius 2 is 2.27 bits per heavy atom. The minimum atomic E-state index is -0.574. The molecular weight excluding hydrogens is 144 g/mol. The lowest BCUT2D eigenvalue weighted by atomic mass is 10.2. The lowest BCUT2D eigenvalue weighted by Crippen LogP contribution is -2.26. The normalized spacial score (nSPS) is 28.8. The van der Waals surface area contributed by atoms with Crippen molar-refractivity contribution in [2.75, 3.05) is 6.61 Å². The van der Waals surface area contributed by atoms with Gasteiger partial charge in [-0.15, -0.1) is 0 Å². The van der Waals surface area contributed by atoms with Crippen molar-refractivity contribution in [1.29, 1.82) is 0 Å². The first-order valence-electron chi connectivity index (χ1n) is 3.89. The third kappa shape index (κ3) is 2.01. The molecule has 0 aliphatic carbocycles. The Labute approximate surface area is 66.7 Å². The van der Waals surface area contributed by atoms with Crippen LogP contribution in [0.5, 0.6) is 0 Å². The minimum absolute atomic E-state index is 0.121. The van der Waals surface area contributed by atoms with Crippen LogP contribution in [0.1, 0.15) is 27.2 Å². The molecule has 1 heterocycles. The monoisotopic (exact) mass is 158 g/mol. The van der Waals surface area contributed by atoms with Gasteiger partial charge < -0.3 is 9.47 Å². The largest absolute Gasteiger partial charge is 0.347 e. The molecule has 0 aromatic rings. The number of ether oxygens (including phenoxy) is 2. The van der Waals surface area contributed by atoms with E-state index in [9.17, 15) is 4.79 Å². The number of rotatable bonds is 2. The molecular formula is C8H14O3. The van der Waals surface area contributed by atoms with Crippen LogP contribution in [0.25, 0.3) is 0 Å². The summed E-state index contributed by atoms with van der Waals surface area (Å²) in [4.78, 5) is 11.1. The fourth-order valence-corrected chi connectivity index (χ4v) is 1.07. The standard InChI is InChI=1S/C8H14O3/c1-4-6(9)7-5-10-8(2,3)11-7/h7H,4-5H2,1-3H3/t7-/m1/s1. The van der Waals surface area contributed by atoms with Crippen molar-refractivity contribution in [3.63, 3.8) is 0 Å². The molecule has 1 atom stereocenters. The molecule has 11 heavy (non-hydrogen) atoms. The van der Waals surface area contributed by atoms with E-state index in [1.54, 1.807) is 0 Å². The second kappa shape index (κ2) is 2.91. The van der Waals surface area contributed by atoms with Gasteiger partial charge in [0, 0.05) is 6.42 Å². The summed E-state index contributed by atoms with van der Waals surface area (Å²) < 4.78 is 10.6. The molecule has 3 heteroatoms. The van der Waals surface area contributed by atoms with Gasteiger partial charge in [0.1, 0.15) is 6.10 Å². The molecule has 1 fully saturated rings. The molecule has 0 radical (unpaired) electrons. The second-order valence-corrected chi connectivity index (χ2v) is 3.14. The van der Waals surface area contributed by atoms with Crippen LogP contribution in [-0.4, -0.2) is 24.3 Å². The Kier molecular flexibility index (Phi) is 2.30. The maximum atomic E-state index is 11.1. The van der Waals surface area contributed by atoms with Gasteiger partial charge in [0.05, 0.1) is 6.61 Å². The van der Waals surface area contributed by atoms with E-state index in [1.165, 1.54) is 0 Å². The van der Waals surface area contributed by atoms with E-state index in [0.717, 1.165) is 0 Å². The van der Waals surface area contributed by atoms with E-state index in [0.29, 0.717) is 13.0 Å². The predicted molar refractivity (Wildman–Crippen MR) is 40.2 cm³/mol. The highest BCUT2D eigenvalue weighted by Crippen LogP contribution is 2.22. The summed E-state index contributed by atoms with van der Waals surface area (Å²) in [6.07, 6.45) is 0.180. The molecule has 0 saturated carbocycles. The van der Waals surface area contributed by atoms with E-state index in [4.69, 9.17) is 9.47 Å². The maximum absolute atomic E-state index is 11.1. The number of carbonyl (C=O) groups is 1. The summed E-state index contributed by atoms with van der Waals surface area (Å²) in [5.74, 6) is -0.453. The fraction of sp³-hybridized carbons (Fsp3) is 0.875. The fourth-order valence-electron chi connectivity index (χ4n) is 1.07. The van der Waals surface area contributed by atoms with Crippen LogP contribution in [0.2, 0.25) is 0 Å². The van der Waals surface area contributed by atoms with Crippen LogP contribution in [-0.2, 0) is 14.3 Å². The first-order chi connectivity index (χ1) is 5.05. The van der Waals surface area contributed by atoms with Crippen molar-refractivity contribution >= 4 is 5.78 Å². The van der Waals surface area contributed by atoms with Crippen molar-refractivity contribution in [2.24, 2.45) is 0 Å². The van der Waals surface area contributed by atoms with Gasteiger partial charge in [0.2, 0.25) is 0 Å². The predicted octanol–water partition coefficient (Wildman–Crippen LogP) is 1.12. The number of hydrogen-bond donors (Lipinski definition) is 0. The molecule has 1 saturated heterocycles. The summed E-state index contributed by atoms with van der Waals surface area (Å²) in [5.41, 5.74) is 0. The SMILES string of the molecule is CCC(=O)[C@H]1COC(C)(C)O1. The van der Waals surface area contributed by atoms with E-state index in [2.05, 4.69) is 0 Å². The van der Waals surface area contributed by atoms with Gasteiger partial charge in [-0.1, -0.05) is 6.92 Å². The maximum Gasteiger partial charge on any atom is 0.163 e. The summed E-state index contributed by atoms with van der Waals surface area (Å²) in [5, 5.41) is 0. The Morgan fingerprint density at radius 1 is 1.64 bits per heavy atom. The molecule has 1 aliphatic rings. The van der Waals surface area contributed by atoms with Crippen LogP contribution in [0.3, 0.4) is 0 Å². The lowest BCUT2D eigenvalue weighted by Gasteiger charge is -2.16. The third-order valence-corrected chi connectivity index (χ3v) is 1.72. The smallest absolute Gasteiger partial charge is 0.163 e. The van der Waals surface area contributed by atoms with Crippen molar-refractivity contribution in [2.45, 2.75) is 39.1 Å². The summed E-state index contributed by atoms with van der Waals surface area (Å²) in [7, 11) is 0. The van der Waals surface area contributed by atoms with Gasteiger partial charge in [-0.05, 0) is 13.8 Å². The highest BCUT2D eigenvalue weighted by Gasteiger charge is 2.35. The zero-order valence-electron chi connectivity index (χ0n) is 7.22. The first kappa shape index (κ1) is 8.68. The van der Waals surface area contributed by atoms with Crippen LogP contribution < -0.4 is 0 Å². The summed E-state index contributed by atoms with van der Waals surface area (Å²) in [6, 6.07) is 0. The zero-order valence-corrected chi connectivity index (χ0v) is 7.22. The first-order valence-corrected chi connectivity index (χ1v) is 3.89. The van der Waals surface area contributed by atoms with Gasteiger partial charge in [-0.25, -0.2) is 0 Å². The van der Waals surface area contributed by atoms with Gasteiger partial charge >= 0.3 is 0 Å². The van der Waals surface area contributed by atoms with Gasteiger partial charge in [-0.3, -0.25) is 4.79 Å². The minimum Gasteiger partial charge on any atom is -0.347 e. The molecule has 0 N–H and O–H groups in total.